The first kappa shape index (κ1) is 13.1. The molecule has 0 radical (unpaired) electrons. The zero-order valence-electron chi connectivity index (χ0n) is 11.3. The Morgan fingerprint density at radius 2 is 1.72 bits per heavy atom. The fraction of sp³-hybridized carbons (Fsp3) is 0.562. The van der Waals surface area contributed by atoms with Crippen LogP contribution in [0.3, 0.4) is 0 Å². The fourth-order valence-corrected chi connectivity index (χ4v) is 2.75. The molecule has 98 valence electrons. The molecule has 2 rings (SSSR count). The average molecular weight is 245 g/mol. The van der Waals surface area contributed by atoms with E-state index in [1.807, 2.05) is 18.2 Å². The Hall–Kier alpha value is -1.31. The second-order valence-electron chi connectivity index (χ2n) is 5.11. The molecule has 1 fully saturated rings. The number of amides is 1. The van der Waals surface area contributed by atoms with E-state index in [0.29, 0.717) is 5.91 Å². The smallest absolute Gasteiger partial charge is 0.230 e. The normalized spacial score (nSPS) is 18.2. The van der Waals surface area contributed by atoms with Crippen LogP contribution in [0.5, 0.6) is 0 Å². The largest absolute Gasteiger partial charge is 0.342 e. The molecule has 1 heterocycles. The molecule has 0 aromatic heterocycles. The van der Waals surface area contributed by atoms with Crippen molar-refractivity contribution in [3.63, 3.8) is 0 Å². The summed E-state index contributed by atoms with van der Waals surface area (Å²) in [5.41, 5.74) is 1.16. The minimum absolute atomic E-state index is 0.0456. The Labute approximate surface area is 110 Å². The number of benzene rings is 1. The van der Waals surface area contributed by atoms with Crippen molar-refractivity contribution >= 4 is 5.91 Å². The summed E-state index contributed by atoms with van der Waals surface area (Å²) in [4.78, 5) is 14.7. The van der Waals surface area contributed by atoms with Gasteiger partial charge in [0.25, 0.3) is 0 Å². The number of carbonyl (C=O) groups excluding carboxylic acids is 1. The summed E-state index contributed by atoms with van der Waals surface area (Å²) in [5, 5.41) is 0. The summed E-state index contributed by atoms with van der Waals surface area (Å²) in [6.07, 6.45) is 5.76. The van der Waals surface area contributed by atoms with Crippen molar-refractivity contribution in [2.75, 3.05) is 13.1 Å². The van der Waals surface area contributed by atoms with E-state index in [-0.39, 0.29) is 5.92 Å². The van der Waals surface area contributed by atoms with Gasteiger partial charge in [0.1, 0.15) is 0 Å². The predicted molar refractivity (Wildman–Crippen MR) is 74.5 cm³/mol. The van der Waals surface area contributed by atoms with E-state index in [4.69, 9.17) is 0 Å². The van der Waals surface area contributed by atoms with Crippen molar-refractivity contribution in [2.45, 2.75) is 44.9 Å². The van der Waals surface area contributed by atoms with Crippen molar-refractivity contribution in [3.05, 3.63) is 35.9 Å². The third-order valence-corrected chi connectivity index (χ3v) is 3.83. The Morgan fingerprint density at radius 1 is 1.11 bits per heavy atom. The highest BCUT2D eigenvalue weighted by Crippen LogP contribution is 2.23. The summed E-state index contributed by atoms with van der Waals surface area (Å²) in [7, 11) is 0. The predicted octanol–water partition coefficient (Wildman–Crippen LogP) is 3.58. The molecule has 2 heteroatoms. The third-order valence-electron chi connectivity index (χ3n) is 3.83. The Kier molecular flexibility index (Phi) is 4.80. The molecule has 2 nitrogen and oxygen atoms in total. The summed E-state index contributed by atoms with van der Waals surface area (Å²) in [6, 6.07) is 10.2. The minimum atomic E-state index is 0.0456. The molecule has 18 heavy (non-hydrogen) atoms. The first-order chi connectivity index (χ1) is 8.83. The monoisotopic (exact) mass is 245 g/mol. The average Bonchev–Trinajstić information content (AvgIpc) is 2.69. The van der Waals surface area contributed by atoms with Crippen LogP contribution in [-0.4, -0.2) is 23.9 Å². The second kappa shape index (κ2) is 6.58. The molecule has 1 aliphatic heterocycles. The molecule has 1 amide bonds. The van der Waals surface area contributed by atoms with E-state index in [0.717, 1.165) is 37.9 Å². The highest BCUT2D eigenvalue weighted by Gasteiger charge is 2.24. The summed E-state index contributed by atoms with van der Waals surface area (Å²) >= 11 is 0. The van der Waals surface area contributed by atoms with Crippen LogP contribution in [0.15, 0.2) is 30.3 Å². The van der Waals surface area contributed by atoms with Gasteiger partial charge in [-0.05, 0) is 24.8 Å². The van der Waals surface area contributed by atoms with Crippen LogP contribution < -0.4 is 0 Å². The second-order valence-corrected chi connectivity index (χ2v) is 5.11. The maximum absolute atomic E-state index is 12.6. The van der Waals surface area contributed by atoms with Gasteiger partial charge in [-0.1, -0.05) is 50.1 Å². The van der Waals surface area contributed by atoms with E-state index >= 15 is 0 Å². The first-order valence-corrected chi connectivity index (χ1v) is 7.16. The maximum Gasteiger partial charge on any atom is 0.230 e. The van der Waals surface area contributed by atoms with Gasteiger partial charge < -0.3 is 4.90 Å². The molecule has 0 saturated carbocycles. The number of nitrogens with zero attached hydrogens (tertiary/aromatic N) is 1. The van der Waals surface area contributed by atoms with Crippen LogP contribution in [0, 0.1) is 0 Å². The van der Waals surface area contributed by atoms with E-state index in [1.54, 1.807) is 0 Å². The lowest BCUT2D eigenvalue weighted by Crippen LogP contribution is -2.35. The lowest BCUT2D eigenvalue weighted by molar-refractivity contribution is -0.132. The van der Waals surface area contributed by atoms with Gasteiger partial charge >= 0.3 is 0 Å². The van der Waals surface area contributed by atoms with Gasteiger partial charge in [-0.25, -0.2) is 0 Å². The van der Waals surface area contributed by atoms with Gasteiger partial charge in [0.15, 0.2) is 0 Å². The van der Waals surface area contributed by atoms with Gasteiger partial charge in [-0.15, -0.1) is 0 Å². The van der Waals surface area contributed by atoms with E-state index in [2.05, 4.69) is 24.0 Å². The molecule has 0 unspecified atom stereocenters. The standard InChI is InChI=1S/C16H23NO/c1-2-15(14-10-6-5-7-11-14)16(18)17-12-8-3-4-9-13-17/h5-7,10-11,15H,2-4,8-9,12-13H2,1H3/t15-/m0/s1. The van der Waals surface area contributed by atoms with E-state index in [9.17, 15) is 4.79 Å². The molecule has 1 atom stereocenters. The van der Waals surface area contributed by atoms with Crippen LogP contribution in [0.2, 0.25) is 0 Å². The Morgan fingerprint density at radius 3 is 2.28 bits per heavy atom. The lowest BCUT2D eigenvalue weighted by atomic mass is 9.95. The summed E-state index contributed by atoms with van der Waals surface area (Å²) in [6.45, 7) is 4.00. The fourth-order valence-electron chi connectivity index (χ4n) is 2.75. The van der Waals surface area contributed by atoms with Crippen molar-refractivity contribution in [1.82, 2.24) is 4.90 Å². The molecule has 0 bridgehead atoms. The molecule has 0 N–H and O–H groups in total. The third kappa shape index (κ3) is 3.12. The van der Waals surface area contributed by atoms with Crippen LogP contribution in [0.4, 0.5) is 0 Å². The number of hydrogen-bond acceptors (Lipinski definition) is 1. The van der Waals surface area contributed by atoms with Gasteiger partial charge in [-0.2, -0.15) is 0 Å². The van der Waals surface area contributed by atoms with Crippen molar-refractivity contribution in [1.29, 1.82) is 0 Å². The van der Waals surface area contributed by atoms with Gasteiger partial charge in [0.2, 0.25) is 5.91 Å². The SMILES string of the molecule is CC[C@H](C(=O)N1CCCCCC1)c1ccccc1. The molecule has 1 aliphatic rings. The minimum Gasteiger partial charge on any atom is -0.342 e. The molecule has 1 aromatic rings. The Bertz CT molecular complexity index is 366. The summed E-state index contributed by atoms with van der Waals surface area (Å²) in [5.74, 6) is 0.370. The summed E-state index contributed by atoms with van der Waals surface area (Å²) < 4.78 is 0. The molecule has 1 saturated heterocycles. The van der Waals surface area contributed by atoms with Crippen LogP contribution in [-0.2, 0) is 4.79 Å². The quantitative estimate of drug-likeness (QED) is 0.797. The van der Waals surface area contributed by atoms with Crippen molar-refractivity contribution in [3.8, 4) is 0 Å². The first-order valence-electron chi connectivity index (χ1n) is 7.16. The zero-order valence-corrected chi connectivity index (χ0v) is 11.3. The van der Waals surface area contributed by atoms with Gasteiger partial charge in [0.05, 0.1) is 5.92 Å². The van der Waals surface area contributed by atoms with E-state index in [1.165, 1.54) is 12.8 Å². The van der Waals surface area contributed by atoms with Crippen LogP contribution in [0.25, 0.3) is 0 Å². The number of hydrogen-bond donors (Lipinski definition) is 0. The lowest BCUT2D eigenvalue weighted by Gasteiger charge is -2.25. The van der Waals surface area contributed by atoms with Gasteiger partial charge in [-0.3, -0.25) is 4.79 Å². The molecular weight excluding hydrogens is 222 g/mol. The number of likely N-dealkylation sites (tertiary alicyclic amines) is 1. The van der Waals surface area contributed by atoms with Crippen LogP contribution in [0.1, 0.15) is 50.5 Å². The van der Waals surface area contributed by atoms with Crippen molar-refractivity contribution < 1.29 is 4.79 Å². The number of carbonyl (C=O) groups is 1. The Balaban J connectivity index is 2.09. The molecule has 0 aliphatic carbocycles. The molecular formula is C16H23NO. The highest BCUT2D eigenvalue weighted by molar-refractivity contribution is 5.83. The zero-order chi connectivity index (χ0) is 12.8. The topological polar surface area (TPSA) is 20.3 Å². The molecule has 1 aromatic carbocycles. The number of rotatable bonds is 3. The maximum atomic E-state index is 12.6. The van der Waals surface area contributed by atoms with Crippen LogP contribution >= 0.6 is 0 Å². The highest BCUT2D eigenvalue weighted by atomic mass is 16.2. The molecule has 0 spiro atoms. The van der Waals surface area contributed by atoms with Crippen molar-refractivity contribution in [2.24, 2.45) is 0 Å². The van der Waals surface area contributed by atoms with E-state index < -0.39 is 0 Å². The van der Waals surface area contributed by atoms with Gasteiger partial charge in [0, 0.05) is 13.1 Å².